The third kappa shape index (κ3) is 2.59. The number of hydrogen-bond donors (Lipinski definition) is 1. The van der Waals surface area contributed by atoms with Gasteiger partial charge in [-0.2, -0.15) is 8.78 Å². The highest BCUT2D eigenvalue weighted by Crippen LogP contribution is 2.28. The summed E-state index contributed by atoms with van der Waals surface area (Å²) in [5.74, 6) is 0.465. The Hall–Kier alpha value is -2.28. The summed E-state index contributed by atoms with van der Waals surface area (Å²) in [5, 5.41) is 0.601. The van der Waals surface area contributed by atoms with Gasteiger partial charge in [0.15, 0.2) is 0 Å². The van der Waals surface area contributed by atoms with E-state index in [-0.39, 0.29) is 11.3 Å². The van der Waals surface area contributed by atoms with Gasteiger partial charge in [0, 0.05) is 10.4 Å². The first-order chi connectivity index (χ1) is 10.5. The third-order valence-electron chi connectivity index (χ3n) is 3.39. The van der Waals surface area contributed by atoms with Crippen molar-refractivity contribution in [2.75, 3.05) is 0 Å². The largest absolute Gasteiger partial charge is 0.435 e. The van der Waals surface area contributed by atoms with Gasteiger partial charge in [-0.25, -0.2) is 4.98 Å². The molecule has 0 aliphatic carbocycles. The van der Waals surface area contributed by atoms with E-state index in [9.17, 15) is 13.6 Å². The van der Waals surface area contributed by atoms with Gasteiger partial charge in [-0.1, -0.05) is 0 Å². The van der Waals surface area contributed by atoms with E-state index in [4.69, 9.17) is 0 Å². The van der Waals surface area contributed by atoms with Crippen LogP contribution in [0.25, 0.3) is 21.6 Å². The summed E-state index contributed by atoms with van der Waals surface area (Å²) in [6, 6.07) is 5.98. The van der Waals surface area contributed by atoms with E-state index in [2.05, 4.69) is 14.7 Å². The standard InChI is InChI=1S/C15H12F2N2O2S/c1-7-8(2)22-14-11(7)13(20)18-12(19-14)9-3-5-10(6-4-9)21-15(16)17/h3-6,15H,1-2H3,(H,18,19,20). The van der Waals surface area contributed by atoms with Crippen LogP contribution in [0, 0.1) is 13.8 Å². The maximum atomic E-state index is 12.2. The van der Waals surface area contributed by atoms with Gasteiger partial charge in [0.05, 0.1) is 5.39 Å². The Balaban J connectivity index is 2.05. The minimum atomic E-state index is -2.86. The van der Waals surface area contributed by atoms with Crippen LogP contribution in [0.1, 0.15) is 10.4 Å². The zero-order valence-corrected chi connectivity index (χ0v) is 12.6. The summed E-state index contributed by atoms with van der Waals surface area (Å²) in [6.45, 7) is 0.968. The van der Waals surface area contributed by atoms with Crippen molar-refractivity contribution >= 4 is 21.6 Å². The molecular formula is C15H12F2N2O2S. The van der Waals surface area contributed by atoms with Crippen LogP contribution in [0.5, 0.6) is 5.75 Å². The van der Waals surface area contributed by atoms with Gasteiger partial charge in [-0.15, -0.1) is 11.3 Å². The molecule has 4 nitrogen and oxygen atoms in total. The number of alkyl halides is 2. The monoisotopic (exact) mass is 322 g/mol. The molecule has 0 amide bonds. The van der Waals surface area contributed by atoms with Gasteiger partial charge < -0.3 is 9.72 Å². The maximum Gasteiger partial charge on any atom is 0.387 e. The maximum absolute atomic E-state index is 12.2. The van der Waals surface area contributed by atoms with Crippen molar-refractivity contribution in [2.24, 2.45) is 0 Å². The van der Waals surface area contributed by atoms with Crippen LogP contribution in [0.3, 0.4) is 0 Å². The molecule has 3 rings (SSSR count). The highest BCUT2D eigenvalue weighted by atomic mass is 32.1. The Morgan fingerprint density at radius 2 is 1.91 bits per heavy atom. The molecule has 2 heterocycles. The predicted molar refractivity (Wildman–Crippen MR) is 81.8 cm³/mol. The highest BCUT2D eigenvalue weighted by Gasteiger charge is 2.13. The van der Waals surface area contributed by atoms with Crippen LogP contribution in [0.15, 0.2) is 29.1 Å². The lowest BCUT2D eigenvalue weighted by atomic mass is 10.2. The molecule has 0 saturated heterocycles. The highest BCUT2D eigenvalue weighted by molar-refractivity contribution is 7.18. The van der Waals surface area contributed by atoms with E-state index in [1.54, 1.807) is 12.1 Å². The Bertz CT molecular complexity index is 885. The topological polar surface area (TPSA) is 55.0 Å². The first kappa shape index (κ1) is 14.6. The first-order valence-electron chi connectivity index (χ1n) is 6.51. The molecule has 0 radical (unpaired) electrons. The molecule has 0 spiro atoms. The van der Waals surface area contributed by atoms with Crippen LogP contribution in [0.2, 0.25) is 0 Å². The van der Waals surface area contributed by atoms with Gasteiger partial charge >= 0.3 is 6.61 Å². The number of nitrogens with zero attached hydrogens (tertiary/aromatic N) is 1. The van der Waals surface area contributed by atoms with Crippen molar-refractivity contribution in [1.29, 1.82) is 0 Å². The fraction of sp³-hybridized carbons (Fsp3) is 0.200. The summed E-state index contributed by atoms with van der Waals surface area (Å²) in [5.41, 5.74) is 1.36. The Kier molecular flexibility index (Phi) is 3.66. The number of aryl methyl sites for hydroxylation is 2. The van der Waals surface area contributed by atoms with Crippen LogP contribution < -0.4 is 10.3 Å². The number of aromatic amines is 1. The lowest BCUT2D eigenvalue weighted by Crippen LogP contribution is -2.09. The third-order valence-corrected chi connectivity index (χ3v) is 4.49. The number of benzene rings is 1. The number of halogens is 2. The number of thiophene rings is 1. The van der Waals surface area contributed by atoms with Crippen molar-refractivity contribution in [2.45, 2.75) is 20.5 Å². The zero-order chi connectivity index (χ0) is 15.9. The number of aromatic nitrogens is 2. The molecule has 22 heavy (non-hydrogen) atoms. The van der Waals surface area contributed by atoms with E-state index in [1.165, 1.54) is 23.5 Å². The number of ether oxygens (including phenoxy) is 1. The van der Waals surface area contributed by atoms with E-state index < -0.39 is 6.61 Å². The van der Waals surface area contributed by atoms with E-state index >= 15 is 0 Å². The summed E-state index contributed by atoms with van der Waals surface area (Å²) in [4.78, 5) is 21.1. The summed E-state index contributed by atoms with van der Waals surface area (Å²) in [7, 11) is 0. The molecule has 2 aromatic heterocycles. The van der Waals surface area contributed by atoms with Crippen LogP contribution >= 0.6 is 11.3 Å². The zero-order valence-electron chi connectivity index (χ0n) is 11.8. The first-order valence-corrected chi connectivity index (χ1v) is 7.32. The average molecular weight is 322 g/mol. The minimum Gasteiger partial charge on any atom is -0.435 e. The molecule has 7 heteroatoms. The molecule has 0 bridgehead atoms. The smallest absolute Gasteiger partial charge is 0.387 e. The van der Waals surface area contributed by atoms with Crippen molar-refractivity contribution in [3.05, 3.63) is 45.1 Å². The molecule has 0 fully saturated rings. The van der Waals surface area contributed by atoms with Crippen molar-refractivity contribution < 1.29 is 13.5 Å². The molecule has 0 aliphatic heterocycles. The lowest BCUT2D eigenvalue weighted by Gasteiger charge is -2.05. The molecule has 0 unspecified atom stereocenters. The number of fused-ring (bicyclic) bond motifs is 1. The van der Waals surface area contributed by atoms with Gasteiger partial charge in [0.25, 0.3) is 5.56 Å². The molecular weight excluding hydrogens is 310 g/mol. The fourth-order valence-electron chi connectivity index (χ4n) is 2.19. The SMILES string of the molecule is Cc1sc2nc(-c3ccc(OC(F)F)cc3)[nH]c(=O)c2c1C. The van der Waals surface area contributed by atoms with Crippen LogP contribution in [0.4, 0.5) is 8.78 Å². The second kappa shape index (κ2) is 5.49. The van der Waals surface area contributed by atoms with Gasteiger partial charge in [-0.3, -0.25) is 4.79 Å². The molecule has 0 atom stereocenters. The van der Waals surface area contributed by atoms with Crippen molar-refractivity contribution in [3.63, 3.8) is 0 Å². The number of hydrogen-bond acceptors (Lipinski definition) is 4. The number of H-pyrrole nitrogens is 1. The van der Waals surface area contributed by atoms with E-state index in [1.807, 2.05) is 13.8 Å². The molecule has 1 N–H and O–H groups in total. The van der Waals surface area contributed by atoms with Crippen molar-refractivity contribution in [3.8, 4) is 17.1 Å². The van der Waals surface area contributed by atoms with Gasteiger partial charge in [-0.05, 0) is 43.7 Å². The second-order valence-corrected chi connectivity index (χ2v) is 5.98. The lowest BCUT2D eigenvalue weighted by molar-refractivity contribution is -0.0498. The normalized spacial score (nSPS) is 11.3. The second-order valence-electron chi connectivity index (χ2n) is 4.78. The molecule has 3 aromatic rings. The van der Waals surface area contributed by atoms with Gasteiger partial charge in [0.1, 0.15) is 16.4 Å². The molecule has 1 aromatic carbocycles. The Morgan fingerprint density at radius 3 is 2.55 bits per heavy atom. The fourth-order valence-corrected chi connectivity index (χ4v) is 3.22. The van der Waals surface area contributed by atoms with E-state index in [0.717, 1.165) is 10.4 Å². The summed E-state index contributed by atoms with van der Waals surface area (Å²) in [6.07, 6.45) is 0. The molecule has 114 valence electrons. The number of rotatable bonds is 3. The van der Waals surface area contributed by atoms with Crippen LogP contribution in [-0.2, 0) is 0 Å². The average Bonchev–Trinajstić information content (AvgIpc) is 2.74. The van der Waals surface area contributed by atoms with Crippen molar-refractivity contribution in [1.82, 2.24) is 9.97 Å². The minimum absolute atomic E-state index is 0.0602. The number of nitrogens with one attached hydrogen (secondary N) is 1. The Labute approximate surface area is 128 Å². The van der Waals surface area contributed by atoms with Gasteiger partial charge in [0.2, 0.25) is 0 Å². The molecule has 0 saturated carbocycles. The predicted octanol–water partition coefficient (Wildman–Crippen LogP) is 3.87. The quantitative estimate of drug-likeness (QED) is 0.796. The summed E-state index contributed by atoms with van der Waals surface area (Å²) >= 11 is 1.46. The Morgan fingerprint density at radius 1 is 1.23 bits per heavy atom. The molecule has 0 aliphatic rings. The van der Waals surface area contributed by atoms with Crippen LogP contribution in [-0.4, -0.2) is 16.6 Å². The summed E-state index contributed by atoms with van der Waals surface area (Å²) < 4.78 is 28.6. The van der Waals surface area contributed by atoms with E-state index in [0.29, 0.717) is 21.6 Å².